The van der Waals surface area contributed by atoms with Gasteiger partial charge in [-0.15, -0.1) is 0 Å². The van der Waals surface area contributed by atoms with Crippen LogP contribution in [0.25, 0.3) is 11.0 Å². The third-order valence-electron chi connectivity index (χ3n) is 8.67. The Morgan fingerprint density at radius 3 is 2.50 bits per heavy atom. The Bertz CT molecular complexity index is 1850. The summed E-state index contributed by atoms with van der Waals surface area (Å²) in [6.45, 7) is 9.73. The number of aryl methyl sites for hydroxylation is 1. The summed E-state index contributed by atoms with van der Waals surface area (Å²) in [7, 11) is 5.72. The molecule has 2 aromatic heterocycles. The molecule has 0 bridgehead atoms. The van der Waals surface area contributed by atoms with Crippen molar-refractivity contribution in [1.29, 1.82) is 0 Å². The maximum atomic E-state index is 14.5. The van der Waals surface area contributed by atoms with Gasteiger partial charge >= 0.3 is 6.09 Å². The van der Waals surface area contributed by atoms with Crippen molar-refractivity contribution in [2.75, 3.05) is 62.6 Å². The number of anilines is 5. The summed E-state index contributed by atoms with van der Waals surface area (Å²) >= 11 is 0. The Labute approximate surface area is 281 Å². The standard InChI is InChI=1S/C36H45N7O5/c1-23-9-8-10-29-31(23)42(35(45)48-36(2,3)4)16-15-41(29)30-19-24-22-37-34(38-25-11-13-27(14-12-25)47-18-17-40(5)6)39-32(24)43(33(30)44)26-20-28(21-26)46-7/h8-14,19,22,26,28H,15-18,20-21H2,1-7H3,(H,37,38,39). The third kappa shape index (κ3) is 6.95. The van der Waals surface area contributed by atoms with Gasteiger partial charge in [-0.2, -0.15) is 4.98 Å². The third-order valence-corrected chi connectivity index (χ3v) is 8.67. The van der Waals surface area contributed by atoms with Crippen molar-refractivity contribution < 1.29 is 19.0 Å². The molecule has 1 saturated carbocycles. The van der Waals surface area contributed by atoms with Crippen LogP contribution >= 0.6 is 0 Å². The molecule has 2 aromatic carbocycles. The van der Waals surface area contributed by atoms with Crippen molar-refractivity contribution in [3.8, 4) is 5.75 Å². The topological polar surface area (TPSA) is 114 Å². The fourth-order valence-corrected chi connectivity index (χ4v) is 6.14. The fourth-order valence-electron chi connectivity index (χ4n) is 6.14. The minimum absolute atomic E-state index is 0.0775. The lowest BCUT2D eigenvalue weighted by molar-refractivity contribution is 0.00640. The minimum atomic E-state index is -0.636. The Morgan fingerprint density at radius 2 is 1.81 bits per heavy atom. The summed E-state index contributed by atoms with van der Waals surface area (Å²) < 4.78 is 18.9. The second-order valence-corrected chi connectivity index (χ2v) is 13.7. The Hall–Kier alpha value is -4.68. The number of para-hydroxylation sites is 1. The van der Waals surface area contributed by atoms with Gasteiger partial charge in [0.2, 0.25) is 5.95 Å². The summed E-state index contributed by atoms with van der Waals surface area (Å²) in [5, 5.41) is 4.02. The molecule has 12 nitrogen and oxygen atoms in total. The maximum Gasteiger partial charge on any atom is 0.414 e. The van der Waals surface area contributed by atoms with Gasteiger partial charge in [-0.3, -0.25) is 14.3 Å². The van der Waals surface area contributed by atoms with Crippen LogP contribution in [0.4, 0.5) is 33.5 Å². The van der Waals surface area contributed by atoms with E-state index in [0.717, 1.165) is 40.3 Å². The molecular weight excluding hydrogens is 610 g/mol. The molecule has 254 valence electrons. The fraction of sp³-hybridized carbons (Fsp3) is 0.444. The number of hydrogen-bond donors (Lipinski definition) is 1. The van der Waals surface area contributed by atoms with E-state index < -0.39 is 11.7 Å². The van der Waals surface area contributed by atoms with Gasteiger partial charge in [0, 0.05) is 50.1 Å². The van der Waals surface area contributed by atoms with Gasteiger partial charge in [0.25, 0.3) is 5.56 Å². The van der Waals surface area contributed by atoms with E-state index in [1.54, 1.807) is 22.8 Å². The number of fused-ring (bicyclic) bond motifs is 2. The van der Waals surface area contributed by atoms with Crippen molar-refractivity contribution in [2.45, 2.75) is 58.3 Å². The molecule has 0 radical (unpaired) electrons. The van der Waals surface area contributed by atoms with Crippen molar-refractivity contribution in [3.63, 3.8) is 0 Å². The highest BCUT2D eigenvalue weighted by Gasteiger charge is 2.36. The van der Waals surface area contributed by atoms with Gasteiger partial charge < -0.3 is 29.3 Å². The van der Waals surface area contributed by atoms with Crippen molar-refractivity contribution in [1.82, 2.24) is 19.4 Å². The number of benzene rings is 2. The summed E-state index contributed by atoms with van der Waals surface area (Å²) in [6.07, 6.45) is 2.84. The zero-order valence-corrected chi connectivity index (χ0v) is 28.8. The molecule has 0 saturated heterocycles. The zero-order chi connectivity index (χ0) is 34.2. The highest BCUT2D eigenvalue weighted by molar-refractivity contribution is 5.97. The van der Waals surface area contributed by atoms with Crippen LogP contribution in [-0.4, -0.2) is 84.7 Å². The Kier molecular flexibility index (Phi) is 9.30. The van der Waals surface area contributed by atoms with Crippen molar-refractivity contribution >= 4 is 45.8 Å². The molecule has 1 N–H and O–H groups in total. The van der Waals surface area contributed by atoms with Crippen LogP contribution in [0.1, 0.15) is 45.2 Å². The number of nitrogens with one attached hydrogen (secondary N) is 1. The number of rotatable bonds is 9. The first-order valence-corrected chi connectivity index (χ1v) is 16.4. The number of methoxy groups -OCH3 is 1. The van der Waals surface area contributed by atoms with E-state index in [0.29, 0.717) is 49.8 Å². The first kappa shape index (κ1) is 33.2. The zero-order valence-electron chi connectivity index (χ0n) is 28.8. The Morgan fingerprint density at radius 1 is 1.06 bits per heavy atom. The second kappa shape index (κ2) is 13.4. The largest absolute Gasteiger partial charge is 0.492 e. The maximum absolute atomic E-state index is 14.5. The number of aromatic nitrogens is 3. The van der Waals surface area contributed by atoms with Gasteiger partial charge in [0.15, 0.2) is 0 Å². The molecule has 6 rings (SSSR count). The molecule has 2 aliphatic rings. The number of nitrogens with zero attached hydrogens (tertiary/aromatic N) is 6. The van der Waals surface area contributed by atoms with E-state index in [1.165, 1.54) is 0 Å². The predicted octanol–water partition coefficient (Wildman–Crippen LogP) is 6.03. The van der Waals surface area contributed by atoms with Gasteiger partial charge in [-0.05, 0) is 96.6 Å². The lowest BCUT2D eigenvalue weighted by atomic mass is 9.88. The molecule has 3 heterocycles. The average molecular weight is 656 g/mol. The average Bonchev–Trinajstić information content (AvgIpc) is 3.01. The molecule has 12 heteroatoms. The number of pyridine rings is 1. The number of carbonyl (C=O) groups excluding carboxylic acids is 1. The van der Waals surface area contributed by atoms with Crippen LogP contribution < -0.4 is 25.4 Å². The lowest BCUT2D eigenvalue weighted by Crippen LogP contribution is -2.47. The van der Waals surface area contributed by atoms with Crippen LogP contribution in [-0.2, 0) is 9.47 Å². The highest BCUT2D eigenvalue weighted by Crippen LogP contribution is 2.41. The SMILES string of the molecule is COC1CC(n2c(=O)c(N3CCN(C(=O)OC(C)(C)C)c4c(C)cccc43)cc3cnc(Nc4ccc(OCCN(C)C)cc4)nc32)C1. The molecule has 1 amide bonds. The van der Waals surface area contributed by atoms with Gasteiger partial charge in [-0.1, -0.05) is 12.1 Å². The van der Waals surface area contributed by atoms with Crippen LogP contribution in [0.3, 0.4) is 0 Å². The molecule has 0 spiro atoms. The Balaban J connectivity index is 1.35. The van der Waals surface area contributed by atoms with Crippen LogP contribution in [0.2, 0.25) is 0 Å². The minimum Gasteiger partial charge on any atom is -0.492 e. The molecule has 0 unspecified atom stereocenters. The van der Waals surface area contributed by atoms with E-state index in [9.17, 15) is 9.59 Å². The van der Waals surface area contributed by atoms with E-state index in [-0.39, 0.29) is 17.7 Å². The molecule has 4 aromatic rings. The van der Waals surface area contributed by atoms with Gasteiger partial charge in [0.05, 0.1) is 17.5 Å². The number of ether oxygens (including phenoxy) is 3. The molecule has 48 heavy (non-hydrogen) atoms. The summed E-state index contributed by atoms with van der Waals surface area (Å²) in [4.78, 5) is 43.0. The van der Waals surface area contributed by atoms with Crippen LogP contribution in [0, 0.1) is 6.92 Å². The molecule has 1 aliphatic carbocycles. The lowest BCUT2D eigenvalue weighted by Gasteiger charge is -2.40. The quantitative estimate of drug-likeness (QED) is 0.229. The molecule has 1 fully saturated rings. The summed E-state index contributed by atoms with van der Waals surface area (Å²) in [6, 6.07) is 15.3. The molecule has 0 atom stereocenters. The first-order chi connectivity index (χ1) is 22.9. The van der Waals surface area contributed by atoms with E-state index in [4.69, 9.17) is 19.2 Å². The second-order valence-electron chi connectivity index (χ2n) is 13.7. The monoisotopic (exact) mass is 655 g/mol. The smallest absolute Gasteiger partial charge is 0.414 e. The van der Waals surface area contributed by atoms with Crippen molar-refractivity contribution in [2.24, 2.45) is 0 Å². The van der Waals surface area contributed by atoms with E-state index in [1.807, 2.05) is 95.2 Å². The van der Waals surface area contributed by atoms with Gasteiger partial charge in [0.1, 0.15) is 29.3 Å². The van der Waals surface area contributed by atoms with Crippen molar-refractivity contribution in [3.05, 3.63) is 70.6 Å². The number of likely N-dealkylation sites (N-methyl/N-ethyl adjacent to an activating group) is 1. The summed E-state index contributed by atoms with van der Waals surface area (Å²) in [5.74, 6) is 1.17. The highest BCUT2D eigenvalue weighted by atomic mass is 16.6. The number of amides is 1. The van der Waals surface area contributed by atoms with Crippen LogP contribution in [0.15, 0.2) is 59.5 Å². The van der Waals surface area contributed by atoms with E-state index >= 15 is 0 Å². The number of carbonyl (C=O) groups is 1. The van der Waals surface area contributed by atoms with E-state index in [2.05, 4.69) is 15.2 Å². The normalized spacial score (nSPS) is 17.7. The van der Waals surface area contributed by atoms with Gasteiger partial charge in [-0.25, -0.2) is 9.78 Å². The van der Waals surface area contributed by atoms with Crippen LogP contribution in [0.5, 0.6) is 5.75 Å². The summed E-state index contributed by atoms with van der Waals surface area (Å²) in [5.41, 5.74) is 3.50. The first-order valence-electron chi connectivity index (χ1n) is 16.4. The number of hydrogen-bond acceptors (Lipinski definition) is 10. The molecular formula is C36H45N7O5. The predicted molar refractivity (Wildman–Crippen MR) is 188 cm³/mol. The molecule has 1 aliphatic heterocycles.